The summed E-state index contributed by atoms with van der Waals surface area (Å²) in [7, 11) is -3.63. The lowest BCUT2D eigenvalue weighted by atomic mass is 10.2. The van der Waals surface area contributed by atoms with Gasteiger partial charge in [0.05, 0.1) is 17.1 Å². The SMILES string of the molecule is C[C@@H]1CN(S(=O)(=O)c2ccc(C(=O)Nc3cccc(Cl)c3)cc2)C[C@H](C)O1. The molecule has 0 radical (unpaired) electrons. The number of nitrogens with one attached hydrogen (secondary N) is 1. The maximum atomic E-state index is 12.8. The second-order valence-corrected chi connectivity index (χ2v) is 8.94. The summed E-state index contributed by atoms with van der Waals surface area (Å²) in [6.07, 6.45) is -0.322. The largest absolute Gasteiger partial charge is 0.373 e. The number of sulfonamides is 1. The number of amides is 1. The highest BCUT2D eigenvalue weighted by Crippen LogP contribution is 2.22. The van der Waals surface area contributed by atoms with Crippen LogP contribution in [-0.2, 0) is 14.8 Å². The van der Waals surface area contributed by atoms with Crippen molar-refractivity contribution in [3.63, 3.8) is 0 Å². The van der Waals surface area contributed by atoms with E-state index in [0.29, 0.717) is 29.4 Å². The van der Waals surface area contributed by atoms with Crippen LogP contribution in [0.3, 0.4) is 0 Å². The number of hydrogen-bond acceptors (Lipinski definition) is 4. The molecule has 0 aliphatic carbocycles. The van der Waals surface area contributed by atoms with E-state index < -0.39 is 10.0 Å². The van der Waals surface area contributed by atoms with Gasteiger partial charge >= 0.3 is 0 Å². The van der Waals surface area contributed by atoms with Crippen LogP contribution in [0.25, 0.3) is 0 Å². The molecule has 6 nitrogen and oxygen atoms in total. The van der Waals surface area contributed by atoms with Crippen molar-refractivity contribution in [2.45, 2.75) is 31.0 Å². The minimum atomic E-state index is -3.63. The van der Waals surface area contributed by atoms with Gasteiger partial charge in [-0.3, -0.25) is 4.79 Å². The third-order valence-corrected chi connectivity index (χ3v) is 6.30. The number of carbonyl (C=O) groups is 1. The lowest BCUT2D eigenvalue weighted by molar-refractivity contribution is -0.0440. The highest BCUT2D eigenvalue weighted by Gasteiger charge is 2.32. The Balaban J connectivity index is 1.75. The smallest absolute Gasteiger partial charge is 0.255 e. The highest BCUT2D eigenvalue weighted by atomic mass is 35.5. The minimum Gasteiger partial charge on any atom is -0.373 e. The van der Waals surface area contributed by atoms with E-state index in [2.05, 4.69) is 5.32 Å². The van der Waals surface area contributed by atoms with Gasteiger partial charge in [-0.15, -0.1) is 0 Å². The van der Waals surface area contributed by atoms with Crippen LogP contribution in [-0.4, -0.2) is 43.9 Å². The summed E-state index contributed by atoms with van der Waals surface area (Å²) in [5.74, 6) is -0.338. The van der Waals surface area contributed by atoms with Crippen LogP contribution in [0.5, 0.6) is 0 Å². The second kappa shape index (κ2) is 7.98. The van der Waals surface area contributed by atoms with Crippen LogP contribution in [0.2, 0.25) is 5.02 Å². The fourth-order valence-electron chi connectivity index (χ4n) is 3.02. The Hall–Kier alpha value is -1.93. The highest BCUT2D eigenvalue weighted by molar-refractivity contribution is 7.89. The number of ether oxygens (including phenoxy) is 1. The molecule has 0 spiro atoms. The third kappa shape index (κ3) is 4.68. The first-order chi connectivity index (χ1) is 12.8. The molecule has 0 bridgehead atoms. The third-order valence-electron chi connectivity index (χ3n) is 4.22. The van der Waals surface area contributed by atoms with Crippen LogP contribution < -0.4 is 5.32 Å². The molecule has 0 unspecified atom stereocenters. The number of carbonyl (C=O) groups excluding carboxylic acids is 1. The minimum absolute atomic E-state index is 0.156. The van der Waals surface area contributed by atoms with Crippen molar-refractivity contribution in [3.8, 4) is 0 Å². The monoisotopic (exact) mass is 408 g/mol. The van der Waals surface area contributed by atoms with Gasteiger partial charge in [0.1, 0.15) is 0 Å². The Morgan fingerprint density at radius 1 is 1.11 bits per heavy atom. The number of nitrogens with zero attached hydrogens (tertiary/aromatic N) is 1. The molecule has 0 aromatic heterocycles. The van der Waals surface area contributed by atoms with Crippen LogP contribution in [0.4, 0.5) is 5.69 Å². The molecule has 1 N–H and O–H groups in total. The first kappa shape index (κ1) is 19.8. The van der Waals surface area contributed by atoms with Crippen molar-refractivity contribution in [1.29, 1.82) is 0 Å². The predicted molar refractivity (Wildman–Crippen MR) is 105 cm³/mol. The Kier molecular flexibility index (Phi) is 5.86. The lowest BCUT2D eigenvalue weighted by Crippen LogP contribution is -2.48. The van der Waals surface area contributed by atoms with E-state index >= 15 is 0 Å². The number of hydrogen-bond donors (Lipinski definition) is 1. The maximum absolute atomic E-state index is 12.8. The molecule has 8 heteroatoms. The zero-order chi connectivity index (χ0) is 19.6. The molecule has 1 saturated heterocycles. The van der Waals surface area contributed by atoms with Gasteiger partial charge in [-0.2, -0.15) is 4.31 Å². The van der Waals surface area contributed by atoms with Crippen LogP contribution in [0.15, 0.2) is 53.4 Å². The van der Waals surface area contributed by atoms with Gasteiger partial charge in [0.25, 0.3) is 5.91 Å². The normalized spacial score (nSPS) is 21.0. The Morgan fingerprint density at radius 3 is 2.33 bits per heavy atom. The Labute approximate surface area is 164 Å². The zero-order valence-electron chi connectivity index (χ0n) is 15.1. The molecule has 1 heterocycles. The van der Waals surface area contributed by atoms with Gasteiger partial charge in [0.2, 0.25) is 10.0 Å². The molecule has 2 aromatic rings. The molecule has 1 amide bonds. The lowest BCUT2D eigenvalue weighted by Gasteiger charge is -2.34. The van der Waals surface area contributed by atoms with Crippen molar-refractivity contribution in [1.82, 2.24) is 4.31 Å². The van der Waals surface area contributed by atoms with Gasteiger partial charge < -0.3 is 10.1 Å². The Bertz CT molecular complexity index is 921. The van der Waals surface area contributed by atoms with Gasteiger partial charge in [-0.25, -0.2) is 8.42 Å². The number of anilines is 1. The summed E-state index contributed by atoms with van der Waals surface area (Å²) in [5, 5.41) is 3.25. The van der Waals surface area contributed by atoms with Crippen molar-refractivity contribution in [3.05, 3.63) is 59.1 Å². The number of benzene rings is 2. The zero-order valence-corrected chi connectivity index (χ0v) is 16.6. The van der Waals surface area contributed by atoms with Crippen molar-refractivity contribution in [2.24, 2.45) is 0 Å². The molecule has 0 saturated carbocycles. The summed E-state index contributed by atoms with van der Waals surface area (Å²) in [4.78, 5) is 12.5. The molecule has 1 fully saturated rings. The van der Waals surface area contributed by atoms with E-state index in [9.17, 15) is 13.2 Å². The van der Waals surface area contributed by atoms with Crippen molar-refractivity contribution < 1.29 is 17.9 Å². The van der Waals surface area contributed by atoms with E-state index in [1.165, 1.54) is 28.6 Å². The van der Waals surface area contributed by atoms with Gasteiger partial charge in [-0.05, 0) is 56.3 Å². The molecule has 2 atom stereocenters. The summed E-state index contributed by atoms with van der Waals surface area (Å²) in [6, 6.07) is 12.7. The van der Waals surface area contributed by atoms with E-state index in [1.807, 2.05) is 13.8 Å². The fraction of sp³-hybridized carbons (Fsp3) is 0.316. The molecular formula is C19H21ClN2O4S. The van der Waals surface area contributed by atoms with E-state index in [4.69, 9.17) is 16.3 Å². The molecule has 1 aliphatic rings. The van der Waals surface area contributed by atoms with E-state index in [1.54, 1.807) is 24.3 Å². The number of halogens is 1. The van der Waals surface area contributed by atoms with Crippen molar-refractivity contribution in [2.75, 3.05) is 18.4 Å². The summed E-state index contributed by atoms with van der Waals surface area (Å²) < 4.78 is 32.7. The topological polar surface area (TPSA) is 75.7 Å². The quantitative estimate of drug-likeness (QED) is 0.841. The average Bonchev–Trinajstić information content (AvgIpc) is 2.61. The summed E-state index contributed by atoms with van der Waals surface area (Å²) in [6.45, 7) is 4.32. The Morgan fingerprint density at radius 2 is 1.74 bits per heavy atom. The maximum Gasteiger partial charge on any atom is 0.255 e. The van der Waals surface area contributed by atoms with Crippen LogP contribution >= 0.6 is 11.6 Å². The van der Waals surface area contributed by atoms with Gasteiger partial charge in [0.15, 0.2) is 0 Å². The average molecular weight is 409 g/mol. The molecule has 144 valence electrons. The first-order valence-corrected chi connectivity index (χ1v) is 10.4. The van der Waals surface area contributed by atoms with Gasteiger partial charge in [0, 0.05) is 29.4 Å². The van der Waals surface area contributed by atoms with Gasteiger partial charge in [-0.1, -0.05) is 17.7 Å². The molecule has 3 rings (SSSR count). The fourth-order valence-corrected chi connectivity index (χ4v) is 4.80. The number of rotatable bonds is 4. The standard InChI is InChI=1S/C19H21ClN2O4S/c1-13-11-22(12-14(2)26-13)27(24,25)18-8-6-15(7-9-18)19(23)21-17-5-3-4-16(20)10-17/h3-10,13-14H,11-12H2,1-2H3,(H,21,23)/t13-,14+. The van der Waals surface area contributed by atoms with Crippen LogP contribution in [0.1, 0.15) is 24.2 Å². The van der Waals surface area contributed by atoms with E-state index in [-0.39, 0.29) is 23.0 Å². The number of morpholine rings is 1. The molecule has 27 heavy (non-hydrogen) atoms. The van der Waals surface area contributed by atoms with Crippen molar-refractivity contribution >= 4 is 33.2 Å². The van der Waals surface area contributed by atoms with E-state index in [0.717, 1.165) is 0 Å². The van der Waals surface area contributed by atoms with Crippen LogP contribution in [0, 0.1) is 0 Å². The predicted octanol–water partition coefficient (Wildman–Crippen LogP) is 3.39. The molecule has 1 aliphatic heterocycles. The first-order valence-electron chi connectivity index (χ1n) is 8.58. The second-order valence-electron chi connectivity index (χ2n) is 6.57. The summed E-state index contributed by atoms with van der Waals surface area (Å²) in [5.41, 5.74) is 0.929. The summed E-state index contributed by atoms with van der Waals surface area (Å²) >= 11 is 5.91. The molecular weight excluding hydrogens is 388 g/mol. The molecule has 2 aromatic carbocycles.